The number of carbonyl (C=O) groups excluding carboxylic acids is 2. The number of amides is 1. The van der Waals surface area contributed by atoms with Gasteiger partial charge in [0.2, 0.25) is 0 Å². The van der Waals surface area contributed by atoms with Crippen LogP contribution in [-0.4, -0.2) is 25.6 Å². The minimum absolute atomic E-state index is 0.208. The third-order valence-electron chi connectivity index (χ3n) is 3.57. The first-order chi connectivity index (χ1) is 13.5. The van der Waals surface area contributed by atoms with Gasteiger partial charge in [-0.15, -0.1) is 0 Å². The average Bonchev–Trinajstić information content (AvgIpc) is 2.69. The van der Waals surface area contributed by atoms with Gasteiger partial charge in [-0.2, -0.15) is 5.26 Å². The van der Waals surface area contributed by atoms with Gasteiger partial charge in [0.1, 0.15) is 17.4 Å². The van der Waals surface area contributed by atoms with Gasteiger partial charge in [0, 0.05) is 11.2 Å². The Morgan fingerprint density at radius 2 is 1.96 bits per heavy atom. The fourth-order valence-electron chi connectivity index (χ4n) is 2.26. The average molecular weight is 400 g/mol. The molecule has 2 rings (SSSR count). The van der Waals surface area contributed by atoms with Gasteiger partial charge in [-0.05, 0) is 37.3 Å². The Bertz CT molecular complexity index is 951. The predicted molar refractivity (Wildman–Crippen MR) is 106 cm³/mol. The number of nitrogens with one attached hydrogen (secondary N) is 2. The molecule has 0 aromatic heterocycles. The van der Waals surface area contributed by atoms with Gasteiger partial charge in [0.15, 0.2) is 0 Å². The lowest BCUT2D eigenvalue weighted by Crippen LogP contribution is -2.15. The first-order valence-corrected chi connectivity index (χ1v) is 8.65. The van der Waals surface area contributed by atoms with E-state index in [1.54, 1.807) is 43.3 Å². The maximum absolute atomic E-state index is 12.4. The molecule has 0 fully saturated rings. The Labute approximate surface area is 167 Å². The maximum atomic E-state index is 12.4. The lowest BCUT2D eigenvalue weighted by molar-refractivity contribution is -0.112. The van der Waals surface area contributed by atoms with Crippen LogP contribution < -0.4 is 15.4 Å². The zero-order valence-electron chi connectivity index (χ0n) is 15.3. The van der Waals surface area contributed by atoms with Gasteiger partial charge in [-0.3, -0.25) is 4.79 Å². The Balaban J connectivity index is 2.21. The molecule has 0 bridgehead atoms. The first-order valence-electron chi connectivity index (χ1n) is 8.28. The molecule has 28 heavy (non-hydrogen) atoms. The molecule has 0 radical (unpaired) electrons. The number of hydrogen-bond donors (Lipinski definition) is 2. The molecule has 2 N–H and O–H groups in total. The number of para-hydroxylation sites is 1. The Kier molecular flexibility index (Phi) is 7.43. The Morgan fingerprint density at radius 3 is 2.64 bits per heavy atom. The fourth-order valence-corrected chi connectivity index (χ4v) is 2.43. The van der Waals surface area contributed by atoms with E-state index in [1.165, 1.54) is 19.4 Å². The van der Waals surface area contributed by atoms with E-state index < -0.39 is 11.9 Å². The van der Waals surface area contributed by atoms with Crippen molar-refractivity contribution in [1.29, 1.82) is 5.26 Å². The van der Waals surface area contributed by atoms with Crippen LogP contribution in [0.5, 0.6) is 5.75 Å². The molecule has 2 aromatic carbocycles. The summed E-state index contributed by atoms with van der Waals surface area (Å²) >= 11 is 5.94. The molecule has 2 aromatic rings. The van der Waals surface area contributed by atoms with Crippen LogP contribution in [0.25, 0.3) is 0 Å². The first kappa shape index (κ1) is 20.8. The van der Waals surface area contributed by atoms with E-state index in [0.29, 0.717) is 22.1 Å². The predicted octanol–water partition coefficient (Wildman–Crippen LogP) is 3.98. The topological polar surface area (TPSA) is 100 Å². The van der Waals surface area contributed by atoms with Crippen LogP contribution in [0.2, 0.25) is 5.02 Å². The molecular weight excluding hydrogens is 382 g/mol. The summed E-state index contributed by atoms with van der Waals surface area (Å²) in [5.74, 6) is -0.773. The highest BCUT2D eigenvalue weighted by Crippen LogP contribution is 2.28. The van der Waals surface area contributed by atoms with E-state index >= 15 is 0 Å². The second-order valence-electron chi connectivity index (χ2n) is 5.38. The third kappa shape index (κ3) is 5.25. The number of halogens is 1. The van der Waals surface area contributed by atoms with Crippen LogP contribution >= 0.6 is 11.6 Å². The highest BCUT2D eigenvalue weighted by molar-refractivity contribution is 6.31. The van der Waals surface area contributed by atoms with Crippen molar-refractivity contribution in [3.8, 4) is 11.8 Å². The van der Waals surface area contributed by atoms with Crippen LogP contribution in [0.4, 0.5) is 11.4 Å². The molecular formula is C20H18ClN3O4. The Hall–Kier alpha value is -3.50. The number of methoxy groups -OCH3 is 1. The van der Waals surface area contributed by atoms with E-state index in [-0.39, 0.29) is 17.7 Å². The van der Waals surface area contributed by atoms with Gasteiger partial charge in [0.25, 0.3) is 5.91 Å². The fraction of sp³-hybridized carbons (Fsp3) is 0.150. The molecule has 0 heterocycles. The molecule has 144 valence electrons. The highest BCUT2D eigenvalue weighted by atomic mass is 35.5. The molecule has 8 heteroatoms. The second-order valence-corrected chi connectivity index (χ2v) is 5.82. The third-order valence-corrected chi connectivity index (χ3v) is 3.80. The summed E-state index contributed by atoms with van der Waals surface area (Å²) in [6.45, 7) is 1.94. The monoisotopic (exact) mass is 399 g/mol. The van der Waals surface area contributed by atoms with Crippen LogP contribution in [0, 0.1) is 11.3 Å². The van der Waals surface area contributed by atoms with Crippen LogP contribution in [0.3, 0.4) is 0 Å². The molecule has 0 unspecified atom stereocenters. The summed E-state index contributed by atoms with van der Waals surface area (Å²) in [7, 11) is 1.45. The number of anilines is 2. The molecule has 1 amide bonds. The van der Waals surface area contributed by atoms with Gasteiger partial charge in [-0.1, -0.05) is 23.7 Å². The summed E-state index contributed by atoms with van der Waals surface area (Å²) in [6, 6.07) is 13.2. The number of benzene rings is 2. The highest BCUT2D eigenvalue weighted by Gasteiger charge is 2.15. The minimum atomic E-state index is -0.663. The Morgan fingerprint density at radius 1 is 1.21 bits per heavy atom. The summed E-state index contributed by atoms with van der Waals surface area (Å²) in [4.78, 5) is 24.4. The number of nitrogens with zero attached hydrogens (tertiary/aromatic N) is 1. The lowest BCUT2D eigenvalue weighted by atomic mass is 10.1. The largest absolute Gasteiger partial charge is 0.495 e. The summed E-state index contributed by atoms with van der Waals surface area (Å²) in [6.07, 6.45) is 1.21. The number of ether oxygens (including phenoxy) is 2. The van der Waals surface area contributed by atoms with Crippen LogP contribution in [0.15, 0.2) is 54.2 Å². The van der Waals surface area contributed by atoms with Gasteiger partial charge >= 0.3 is 5.97 Å². The molecule has 0 aliphatic rings. The number of hydrogen-bond acceptors (Lipinski definition) is 6. The van der Waals surface area contributed by atoms with Gasteiger partial charge in [-0.25, -0.2) is 4.79 Å². The van der Waals surface area contributed by atoms with E-state index in [1.807, 2.05) is 6.07 Å². The zero-order valence-corrected chi connectivity index (χ0v) is 16.0. The van der Waals surface area contributed by atoms with Crippen molar-refractivity contribution in [2.75, 3.05) is 24.4 Å². The van der Waals surface area contributed by atoms with E-state index in [9.17, 15) is 14.9 Å². The van der Waals surface area contributed by atoms with Gasteiger partial charge in [0.05, 0.1) is 30.7 Å². The van der Waals surface area contributed by atoms with Crippen molar-refractivity contribution in [3.63, 3.8) is 0 Å². The normalized spacial score (nSPS) is 10.6. The van der Waals surface area contributed by atoms with Crippen LogP contribution in [-0.2, 0) is 9.53 Å². The summed E-state index contributed by atoms with van der Waals surface area (Å²) < 4.78 is 10.2. The number of nitriles is 1. The van der Waals surface area contributed by atoms with Crippen molar-refractivity contribution in [2.45, 2.75) is 6.92 Å². The molecule has 0 atom stereocenters. The van der Waals surface area contributed by atoms with E-state index in [0.717, 1.165) is 0 Å². The van der Waals surface area contributed by atoms with Crippen molar-refractivity contribution in [2.24, 2.45) is 0 Å². The summed E-state index contributed by atoms with van der Waals surface area (Å²) in [5, 5.41) is 15.1. The van der Waals surface area contributed by atoms with Gasteiger partial charge < -0.3 is 20.1 Å². The van der Waals surface area contributed by atoms with Crippen LogP contribution in [0.1, 0.15) is 17.3 Å². The molecule has 0 saturated carbocycles. The minimum Gasteiger partial charge on any atom is -0.495 e. The number of carbonyl (C=O) groups is 2. The van der Waals surface area contributed by atoms with Crippen molar-refractivity contribution in [3.05, 3.63) is 64.8 Å². The SMILES string of the molecule is CCOC(=O)c1ccccc1N/C=C(/C#N)C(=O)Nc1cc(Cl)ccc1OC. The smallest absolute Gasteiger partial charge is 0.340 e. The lowest BCUT2D eigenvalue weighted by Gasteiger charge is -2.11. The molecule has 0 aliphatic carbocycles. The quantitative estimate of drug-likeness (QED) is 0.415. The second kappa shape index (κ2) is 10.00. The van der Waals surface area contributed by atoms with Crippen molar-refractivity contribution < 1.29 is 19.1 Å². The molecule has 0 saturated heterocycles. The summed E-state index contributed by atoms with van der Waals surface area (Å²) in [5.41, 5.74) is 0.811. The standard InChI is InChI=1S/C20H18ClN3O4/c1-3-28-20(26)15-6-4-5-7-16(15)23-12-13(11-22)19(25)24-17-10-14(21)8-9-18(17)27-2/h4-10,12,23H,3H2,1-2H3,(H,24,25)/b13-12-. The van der Waals surface area contributed by atoms with Crippen molar-refractivity contribution in [1.82, 2.24) is 0 Å². The number of esters is 1. The zero-order chi connectivity index (χ0) is 20.5. The maximum Gasteiger partial charge on any atom is 0.340 e. The van der Waals surface area contributed by atoms with Crippen molar-refractivity contribution >= 4 is 34.9 Å². The molecule has 7 nitrogen and oxygen atoms in total. The van der Waals surface area contributed by atoms with E-state index in [2.05, 4.69) is 10.6 Å². The van der Waals surface area contributed by atoms with E-state index in [4.69, 9.17) is 21.1 Å². The molecule has 0 aliphatic heterocycles. The number of rotatable bonds is 7. The molecule has 0 spiro atoms.